The Kier molecular flexibility index (Phi) is 6.69. The molecule has 0 radical (unpaired) electrons. The minimum absolute atomic E-state index is 0.0718. The molecule has 1 N–H and O–H groups in total. The third kappa shape index (κ3) is 4.74. The van der Waals surface area contributed by atoms with Crippen LogP contribution in [0.25, 0.3) is 0 Å². The van der Waals surface area contributed by atoms with Gasteiger partial charge in [-0.2, -0.15) is 0 Å². The molecule has 2 aromatic carbocycles. The Bertz CT molecular complexity index is 1060. The molecule has 1 aliphatic carbocycles. The van der Waals surface area contributed by atoms with Gasteiger partial charge in [-0.1, -0.05) is 49.6 Å². The molecule has 5 nitrogen and oxygen atoms in total. The van der Waals surface area contributed by atoms with Gasteiger partial charge in [-0.3, -0.25) is 14.5 Å². The Morgan fingerprint density at radius 3 is 2.31 bits per heavy atom. The lowest BCUT2D eigenvalue weighted by Gasteiger charge is -2.33. The maximum absolute atomic E-state index is 13.7. The molecule has 32 heavy (non-hydrogen) atoms. The second-order valence-corrected chi connectivity index (χ2v) is 8.20. The van der Waals surface area contributed by atoms with Gasteiger partial charge >= 0.3 is 0 Å². The topological polar surface area (TPSA) is 62.6 Å². The summed E-state index contributed by atoms with van der Waals surface area (Å²) in [5.41, 5.74) is 1.50. The van der Waals surface area contributed by atoms with E-state index in [1.165, 1.54) is 29.7 Å². The van der Waals surface area contributed by atoms with Crippen molar-refractivity contribution in [2.45, 2.75) is 51.1 Å². The van der Waals surface area contributed by atoms with Gasteiger partial charge in [0.05, 0.1) is 11.8 Å². The lowest BCUT2D eigenvalue weighted by atomic mass is 9.94. The maximum atomic E-state index is 13.7. The summed E-state index contributed by atoms with van der Waals surface area (Å²) in [6.45, 7) is 1.71. The number of furan rings is 1. The summed E-state index contributed by atoms with van der Waals surface area (Å²) in [6.07, 6.45) is 6.61. The van der Waals surface area contributed by atoms with Crippen molar-refractivity contribution < 1.29 is 18.4 Å². The number of hydrogen-bond acceptors (Lipinski definition) is 3. The number of nitrogens with one attached hydrogen (secondary N) is 1. The highest BCUT2D eigenvalue weighted by Crippen LogP contribution is 2.31. The van der Waals surface area contributed by atoms with E-state index in [1.54, 1.807) is 37.3 Å². The average molecular weight is 435 g/mol. The highest BCUT2D eigenvalue weighted by molar-refractivity contribution is 6.10. The highest BCUT2D eigenvalue weighted by Gasteiger charge is 2.35. The summed E-state index contributed by atoms with van der Waals surface area (Å²) in [5, 5.41) is 3.15. The quantitative estimate of drug-likeness (QED) is 0.552. The van der Waals surface area contributed by atoms with Gasteiger partial charge in [0.15, 0.2) is 0 Å². The van der Waals surface area contributed by atoms with Crippen molar-refractivity contribution >= 4 is 17.5 Å². The van der Waals surface area contributed by atoms with E-state index in [2.05, 4.69) is 5.32 Å². The van der Waals surface area contributed by atoms with Gasteiger partial charge in [0, 0.05) is 11.7 Å². The summed E-state index contributed by atoms with van der Waals surface area (Å²) < 4.78 is 19.0. The number of carbonyl (C=O) groups is 2. The van der Waals surface area contributed by atoms with Crippen LogP contribution in [-0.4, -0.2) is 17.9 Å². The first-order chi connectivity index (χ1) is 15.5. The molecule has 1 heterocycles. The van der Waals surface area contributed by atoms with Crippen LogP contribution < -0.4 is 10.2 Å². The Morgan fingerprint density at radius 2 is 1.69 bits per heavy atom. The number of amides is 2. The molecule has 0 bridgehead atoms. The van der Waals surface area contributed by atoms with Gasteiger partial charge in [0.1, 0.15) is 17.6 Å². The largest absolute Gasteiger partial charge is 0.469 e. The number of nitrogens with zero attached hydrogens (tertiary/aromatic N) is 1. The monoisotopic (exact) mass is 434 g/mol. The maximum Gasteiger partial charge on any atom is 0.262 e. The molecule has 1 aromatic heterocycles. The summed E-state index contributed by atoms with van der Waals surface area (Å²) in [4.78, 5) is 28.8. The molecular weight excluding hydrogens is 407 g/mol. The highest BCUT2D eigenvalue weighted by atomic mass is 19.1. The first-order valence-electron chi connectivity index (χ1n) is 11.0. The van der Waals surface area contributed by atoms with Crippen LogP contribution in [0, 0.1) is 12.7 Å². The fraction of sp³-hybridized carbons (Fsp3) is 0.308. The van der Waals surface area contributed by atoms with Crippen molar-refractivity contribution in [3.63, 3.8) is 0 Å². The van der Waals surface area contributed by atoms with Gasteiger partial charge < -0.3 is 9.73 Å². The van der Waals surface area contributed by atoms with E-state index in [1.807, 2.05) is 18.2 Å². The molecule has 1 aliphatic rings. The number of para-hydroxylation sites is 1. The first-order valence-corrected chi connectivity index (χ1v) is 11.0. The van der Waals surface area contributed by atoms with Crippen LogP contribution in [0.4, 0.5) is 10.1 Å². The van der Waals surface area contributed by atoms with Crippen LogP contribution in [0.2, 0.25) is 0 Å². The molecule has 3 aromatic rings. The number of halogens is 1. The molecule has 1 atom stereocenters. The number of benzene rings is 2. The molecule has 1 saturated carbocycles. The predicted molar refractivity (Wildman–Crippen MR) is 121 cm³/mol. The van der Waals surface area contributed by atoms with E-state index in [-0.39, 0.29) is 17.9 Å². The molecule has 0 aliphatic heterocycles. The summed E-state index contributed by atoms with van der Waals surface area (Å²) in [5.74, 6) is -0.553. The summed E-state index contributed by atoms with van der Waals surface area (Å²) in [6, 6.07) is 15.5. The third-order valence-electron chi connectivity index (χ3n) is 5.99. The molecule has 166 valence electrons. The zero-order valence-electron chi connectivity index (χ0n) is 18.1. The van der Waals surface area contributed by atoms with Crippen molar-refractivity contribution in [3.8, 4) is 0 Å². The van der Waals surface area contributed by atoms with Gasteiger partial charge in [-0.05, 0) is 55.7 Å². The number of hydrogen-bond donors (Lipinski definition) is 1. The number of rotatable bonds is 6. The average Bonchev–Trinajstić information content (AvgIpc) is 3.25. The zero-order valence-corrected chi connectivity index (χ0v) is 18.1. The van der Waals surface area contributed by atoms with Crippen LogP contribution in [0.1, 0.15) is 59.8 Å². The standard InChI is InChI=1S/C26H27FN2O3/c1-18-23(16-17-32-18)26(31)29(22-10-6-3-7-11-22)24(19-12-14-20(27)15-13-19)25(30)28-21-8-4-2-5-9-21/h3,6-7,10-17,21,24H,2,4-5,8-9H2,1H3,(H,28,30). The second-order valence-electron chi connectivity index (χ2n) is 8.20. The van der Waals surface area contributed by atoms with E-state index in [0.717, 1.165) is 25.7 Å². The van der Waals surface area contributed by atoms with Crippen molar-refractivity contribution in [2.24, 2.45) is 0 Å². The molecule has 6 heteroatoms. The van der Waals surface area contributed by atoms with Gasteiger partial charge in [-0.15, -0.1) is 0 Å². The van der Waals surface area contributed by atoms with E-state index in [0.29, 0.717) is 22.6 Å². The Balaban J connectivity index is 1.78. The molecule has 1 unspecified atom stereocenters. The molecule has 0 saturated heterocycles. The molecule has 4 rings (SSSR count). The van der Waals surface area contributed by atoms with Crippen molar-refractivity contribution in [3.05, 3.63) is 89.6 Å². The number of carbonyl (C=O) groups excluding carboxylic acids is 2. The third-order valence-corrected chi connectivity index (χ3v) is 5.99. The van der Waals surface area contributed by atoms with Crippen LogP contribution in [0.15, 0.2) is 71.3 Å². The summed E-state index contributed by atoms with van der Waals surface area (Å²) >= 11 is 0. The minimum atomic E-state index is -0.957. The van der Waals surface area contributed by atoms with Crippen molar-refractivity contribution in [1.29, 1.82) is 0 Å². The first kappa shape index (κ1) is 21.8. The fourth-order valence-electron chi connectivity index (χ4n) is 4.30. The van der Waals surface area contributed by atoms with Crippen molar-refractivity contribution in [1.82, 2.24) is 5.32 Å². The van der Waals surface area contributed by atoms with Gasteiger partial charge in [0.2, 0.25) is 5.91 Å². The Labute approximate surface area is 187 Å². The Hall–Kier alpha value is -3.41. The second kappa shape index (κ2) is 9.81. The normalized spacial score (nSPS) is 15.2. The van der Waals surface area contributed by atoms with E-state index in [9.17, 15) is 14.0 Å². The van der Waals surface area contributed by atoms with E-state index >= 15 is 0 Å². The van der Waals surface area contributed by atoms with Crippen LogP contribution >= 0.6 is 0 Å². The summed E-state index contributed by atoms with van der Waals surface area (Å²) in [7, 11) is 0. The van der Waals surface area contributed by atoms with Crippen LogP contribution in [0.3, 0.4) is 0 Å². The van der Waals surface area contributed by atoms with Crippen LogP contribution in [0.5, 0.6) is 0 Å². The fourth-order valence-corrected chi connectivity index (χ4v) is 4.30. The van der Waals surface area contributed by atoms with E-state index < -0.39 is 11.9 Å². The number of aryl methyl sites for hydroxylation is 1. The lowest BCUT2D eigenvalue weighted by Crippen LogP contribution is -2.47. The smallest absolute Gasteiger partial charge is 0.262 e. The minimum Gasteiger partial charge on any atom is -0.469 e. The van der Waals surface area contributed by atoms with Gasteiger partial charge in [0.25, 0.3) is 5.91 Å². The molecular formula is C26H27FN2O3. The van der Waals surface area contributed by atoms with E-state index in [4.69, 9.17) is 4.42 Å². The lowest BCUT2D eigenvalue weighted by molar-refractivity contribution is -0.123. The van der Waals surface area contributed by atoms with Crippen LogP contribution in [-0.2, 0) is 4.79 Å². The van der Waals surface area contributed by atoms with Crippen molar-refractivity contribution in [2.75, 3.05) is 4.90 Å². The predicted octanol–water partition coefficient (Wildman–Crippen LogP) is 5.56. The molecule has 0 spiro atoms. The van der Waals surface area contributed by atoms with Gasteiger partial charge in [-0.25, -0.2) is 4.39 Å². The molecule has 1 fully saturated rings. The zero-order chi connectivity index (χ0) is 22.5. The molecule has 2 amide bonds. The SMILES string of the molecule is Cc1occc1C(=O)N(c1ccccc1)C(C(=O)NC1CCCCC1)c1ccc(F)cc1. The Morgan fingerprint density at radius 1 is 1.00 bits per heavy atom. The number of anilines is 1.